The molecule has 142 valence electrons. The summed E-state index contributed by atoms with van der Waals surface area (Å²) in [6.45, 7) is 0.295. The first kappa shape index (κ1) is 18.3. The number of ether oxygens (including phenoxy) is 1. The molecule has 2 heterocycles. The third kappa shape index (κ3) is 3.39. The maximum Gasteiger partial charge on any atom is 0.229 e. The van der Waals surface area contributed by atoms with E-state index in [0.717, 1.165) is 16.6 Å². The van der Waals surface area contributed by atoms with Gasteiger partial charge in [-0.1, -0.05) is 29.8 Å². The monoisotopic (exact) mass is 395 g/mol. The molecule has 1 unspecified atom stereocenters. The zero-order valence-corrected chi connectivity index (χ0v) is 15.9. The van der Waals surface area contributed by atoms with E-state index in [2.05, 4.69) is 10.3 Å². The van der Waals surface area contributed by atoms with Gasteiger partial charge in [0.25, 0.3) is 0 Å². The second-order valence-electron chi connectivity index (χ2n) is 6.59. The van der Waals surface area contributed by atoms with Crippen LogP contribution < -0.4 is 15.0 Å². The topological polar surface area (TPSA) is 71.5 Å². The highest BCUT2D eigenvalue weighted by atomic mass is 35.5. The number of hydrogen-bond donors (Lipinski definition) is 1. The molecule has 0 spiro atoms. The van der Waals surface area contributed by atoms with E-state index in [-0.39, 0.29) is 18.2 Å². The van der Waals surface area contributed by atoms with Crippen LogP contribution in [0, 0.1) is 5.92 Å². The van der Waals surface area contributed by atoms with Crippen molar-refractivity contribution in [2.45, 2.75) is 6.42 Å². The van der Waals surface area contributed by atoms with Crippen molar-refractivity contribution >= 4 is 45.7 Å². The molecule has 2 aromatic carbocycles. The number of nitrogens with one attached hydrogen (secondary N) is 1. The molecule has 0 aliphatic carbocycles. The van der Waals surface area contributed by atoms with Gasteiger partial charge in [-0.05, 0) is 30.3 Å². The molecule has 1 aliphatic heterocycles. The van der Waals surface area contributed by atoms with Gasteiger partial charge >= 0.3 is 0 Å². The van der Waals surface area contributed by atoms with Crippen molar-refractivity contribution in [1.82, 2.24) is 4.98 Å². The van der Waals surface area contributed by atoms with Gasteiger partial charge in [-0.25, -0.2) is 0 Å². The van der Waals surface area contributed by atoms with Crippen LogP contribution in [0.1, 0.15) is 6.42 Å². The lowest BCUT2D eigenvalue weighted by atomic mass is 10.1. The van der Waals surface area contributed by atoms with E-state index >= 15 is 0 Å². The minimum absolute atomic E-state index is 0.101. The van der Waals surface area contributed by atoms with E-state index in [0.29, 0.717) is 23.0 Å². The van der Waals surface area contributed by atoms with Gasteiger partial charge in [0.05, 0.1) is 29.9 Å². The number of benzene rings is 2. The average molecular weight is 396 g/mol. The predicted molar refractivity (Wildman–Crippen MR) is 109 cm³/mol. The number of pyridine rings is 1. The number of carbonyl (C=O) groups is 2. The molecule has 3 aromatic rings. The maximum absolute atomic E-state index is 12.8. The molecule has 1 fully saturated rings. The minimum atomic E-state index is -0.477. The first-order valence-corrected chi connectivity index (χ1v) is 9.23. The zero-order valence-electron chi connectivity index (χ0n) is 15.2. The Balaban J connectivity index is 1.56. The Morgan fingerprint density at radius 2 is 2.07 bits per heavy atom. The predicted octanol–water partition coefficient (Wildman–Crippen LogP) is 3.89. The summed E-state index contributed by atoms with van der Waals surface area (Å²) in [5, 5.41) is 4.27. The largest absolute Gasteiger partial charge is 0.495 e. The number of methoxy groups -OCH3 is 1. The van der Waals surface area contributed by atoms with Gasteiger partial charge in [0.1, 0.15) is 5.75 Å². The summed E-state index contributed by atoms with van der Waals surface area (Å²) in [7, 11) is 1.52. The Morgan fingerprint density at radius 1 is 1.25 bits per heavy atom. The van der Waals surface area contributed by atoms with E-state index in [4.69, 9.17) is 16.3 Å². The van der Waals surface area contributed by atoms with Crippen LogP contribution in [0.15, 0.2) is 54.7 Å². The van der Waals surface area contributed by atoms with Gasteiger partial charge in [0.15, 0.2) is 0 Å². The fourth-order valence-electron chi connectivity index (χ4n) is 3.43. The van der Waals surface area contributed by atoms with Gasteiger partial charge in [-0.3, -0.25) is 14.6 Å². The molecular weight excluding hydrogens is 378 g/mol. The number of amides is 2. The summed E-state index contributed by atoms with van der Waals surface area (Å²) >= 11 is 6.02. The molecule has 1 atom stereocenters. The molecule has 4 rings (SSSR count). The highest BCUT2D eigenvalue weighted by molar-refractivity contribution is 6.31. The standard InChI is InChI=1S/C21H18ClN3O3/c1-28-18-8-7-15(22)11-16(18)24-21(27)14-10-19(26)25(12-14)17-6-2-4-13-5-3-9-23-20(13)17/h2-9,11,14H,10,12H2,1H3,(H,24,27). The molecule has 6 nitrogen and oxygen atoms in total. The smallest absolute Gasteiger partial charge is 0.229 e. The summed E-state index contributed by atoms with van der Waals surface area (Å²) in [6, 6.07) is 14.5. The Morgan fingerprint density at radius 3 is 2.89 bits per heavy atom. The molecule has 28 heavy (non-hydrogen) atoms. The van der Waals surface area contributed by atoms with Crippen LogP contribution in [0.2, 0.25) is 5.02 Å². The van der Waals surface area contributed by atoms with Crippen LogP contribution in [0.25, 0.3) is 10.9 Å². The lowest BCUT2D eigenvalue weighted by Gasteiger charge is -2.18. The Labute approximate surface area is 167 Å². The second kappa shape index (κ2) is 7.48. The summed E-state index contributed by atoms with van der Waals surface area (Å²) in [6.07, 6.45) is 1.83. The van der Waals surface area contributed by atoms with Crippen molar-refractivity contribution in [1.29, 1.82) is 0 Å². The fourth-order valence-corrected chi connectivity index (χ4v) is 3.61. The number of fused-ring (bicyclic) bond motifs is 1. The molecule has 0 bridgehead atoms. The molecule has 0 radical (unpaired) electrons. The molecule has 1 aliphatic rings. The first-order chi connectivity index (χ1) is 13.6. The van der Waals surface area contributed by atoms with Crippen LogP contribution in [0.3, 0.4) is 0 Å². The second-order valence-corrected chi connectivity index (χ2v) is 7.03. The lowest BCUT2D eigenvalue weighted by molar-refractivity contribution is -0.122. The Bertz CT molecular complexity index is 1060. The van der Waals surface area contributed by atoms with Gasteiger partial charge in [-0.2, -0.15) is 0 Å². The number of aromatic nitrogens is 1. The highest BCUT2D eigenvalue weighted by Crippen LogP contribution is 2.32. The third-order valence-corrected chi connectivity index (χ3v) is 5.05. The summed E-state index contributed by atoms with van der Waals surface area (Å²) < 4.78 is 5.26. The van der Waals surface area contributed by atoms with Gasteiger partial charge in [0, 0.05) is 29.6 Å². The van der Waals surface area contributed by atoms with Crippen LogP contribution >= 0.6 is 11.6 Å². The summed E-state index contributed by atoms with van der Waals surface area (Å²) in [5.41, 5.74) is 1.95. The summed E-state index contributed by atoms with van der Waals surface area (Å²) in [5.74, 6) is -0.312. The van der Waals surface area contributed by atoms with Crippen LogP contribution in [0.4, 0.5) is 11.4 Å². The Hall–Kier alpha value is -3.12. The molecule has 1 saturated heterocycles. The zero-order chi connectivity index (χ0) is 19.7. The molecule has 1 aromatic heterocycles. The third-order valence-electron chi connectivity index (χ3n) is 4.82. The molecule has 0 saturated carbocycles. The van der Waals surface area contributed by atoms with Crippen LogP contribution in [-0.2, 0) is 9.59 Å². The van der Waals surface area contributed by atoms with Crippen molar-refractivity contribution in [3.63, 3.8) is 0 Å². The number of para-hydroxylation sites is 1. The van der Waals surface area contributed by atoms with Crippen molar-refractivity contribution in [3.8, 4) is 5.75 Å². The average Bonchev–Trinajstić information content (AvgIpc) is 3.09. The van der Waals surface area contributed by atoms with E-state index in [1.165, 1.54) is 7.11 Å². The van der Waals surface area contributed by atoms with Crippen molar-refractivity contribution in [2.75, 3.05) is 23.9 Å². The SMILES string of the molecule is COc1ccc(Cl)cc1NC(=O)C1CC(=O)N(c2cccc3cccnc23)C1. The molecular formula is C21H18ClN3O3. The van der Waals surface area contributed by atoms with Crippen LogP contribution in [-0.4, -0.2) is 30.5 Å². The van der Waals surface area contributed by atoms with Crippen molar-refractivity contribution in [2.24, 2.45) is 5.92 Å². The molecule has 7 heteroatoms. The molecule has 2 amide bonds. The number of rotatable bonds is 4. The van der Waals surface area contributed by atoms with Crippen molar-refractivity contribution in [3.05, 3.63) is 59.8 Å². The number of hydrogen-bond acceptors (Lipinski definition) is 4. The quantitative estimate of drug-likeness (QED) is 0.727. The van der Waals surface area contributed by atoms with Gasteiger partial charge in [-0.15, -0.1) is 0 Å². The first-order valence-electron chi connectivity index (χ1n) is 8.85. The van der Waals surface area contributed by atoms with Gasteiger partial charge < -0.3 is 15.0 Å². The Kier molecular flexibility index (Phi) is 4.88. The highest BCUT2D eigenvalue weighted by Gasteiger charge is 2.36. The van der Waals surface area contributed by atoms with E-state index < -0.39 is 5.92 Å². The lowest BCUT2D eigenvalue weighted by Crippen LogP contribution is -2.28. The van der Waals surface area contributed by atoms with E-state index in [9.17, 15) is 9.59 Å². The fraction of sp³-hybridized carbons (Fsp3) is 0.190. The normalized spacial score (nSPS) is 16.4. The number of anilines is 2. The molecule has 1 N–H and O–H groups in total. The van der Waals surface area contributed by atoms with E-state index in [1.54, 1.807) is 29.3 Å². The minimum Gasteiger partial charge on any atom is -0.495 e. The number of nitrogens with zero attached hydrogens (tertiary/aromatic N) is 2. The van der Waals surface area contributed by atoms with Crippen molar-refractivity contribution < 1.29 is 14.3 Å². The van der Waals surface area contributed by atoms with Crippen LogP contribution in [0.5, 0.6) is 5.75 Å². The number of halogens is 1. The maximum atomic E-state index is 12.8. The summed E-state index contributed by atoms with van der Waals surface area (Å²) in [4.78, 5) is 31.4. The van der Waals surface area contributed by atoms with Gasteiger partial charge in [0.2, 0.25) is 11.8 Å². The number of carbonyl (C=O) groups excluding carboxylic acids is 2. The van der Waals surface area contributed by atoms with E-state index in [1.807, 2.05) is 30.3 Å².